The van der Waals surface area contributed by atoms with Crippen LogP contribution >= 0.6 is 0 Å². The number of nitrogens with zero attached hydrogens (tertiary/aromatic N) is 12. The minimum Gasteiger partial charge on any atom is -0.494 e. The number of methoxy groups -OCH3 is 2. The number of pyridine rings is 4. The van der Waals surface area contributed by atoms with Crippen LogP contribution in [0.3, 0.4) is 0 Å². The lowest BCUT2D eigenvalue weighted by Gasteiger charge is -2.39. The Kier molecular flexibility index (Phi) is 14.3. The van der Waals surface area contributed by atoms with Crippen molar-refractivity contribution in [2.24, 2.45) is 11.5 Å². The van der Waals surface area contributed by atoms with E-state index in [0.717, 1.165) is 31.0 Å². The molecule has 0 radical (unpaired) electrons. The molecule has 0 saturated carbocycles. The Morgan fingerprint density at radius 3 is 1.70 bits per heavy atom. The average molecular weight is 1050 g/mol. The second kappa shape index (κ2) is 21.7. The molecule has 0 unspecified atom stereocenters. The van der Waals surface area contributed by atoms with E-state index in [1.54, 1.807) is 54.7 Å². The Morgan fingerprint density at radius 2 is 1.17 bits per heavy atom. The molecule has 0 atom stereocenters. The number of hydrogen-bond acceptors (Lipinski definition) is 21. The van der Waals surface area contributed by atoms with Crippen LogP contribution in [0, 0.1) is 23.0 Å². The fourth-order valence-electron chi connectivity index (χ4n) is 9.21. The van der Waals surface area contributed by atoms with Gasteiger partial charge in [-0.1, -0.05) is 24.3 Å². The number of aliphatic hydroxyl groups is 1. The van der Waals surface area contributed by atoms with Gasteiger partial charge in [-0.15, -0.1) is 0 Å². The first kappa shape index (κ1) is 50.8. The van der Waals surface area contributed by atoms with Gasteiger partial charge in [0.1, 0.15) is 34.5 Å². The molecule has 2 fully saturated rings. The molecule has 10 rings (SSSR count). The molecule has 8 heterocycles. The third-order valence-electron chi connectivity index (χ3n) is 13.2. The van der Waals surface area contributed by atoms with E-state index in [9.17, 15) is 14.7 Å². The molecule has 2 saturated heterocycles. The second-order valence-corrected chi connectivity index (χ2v) is 18.3. The molecular weight excluding hydrogens is 995 g/mol. The molecule has 6 aromatic heterocycles. The van der Waals surface area contributed by atoms with Gasteiger partial charge in [0.15, 0.2) is 34.7 Å². The Balaban J connectivity index is 0.795. The monoisotopic (exact) mass is 1040 g/mol. The van der Waals surface area contributed by atoms with Crippen molar-refractivity contribution in [1.82, 2.24) is 44.8 Å². The number of carbonyl (C=O) groups excluding carboxylic acids is 2. The largest absolute Gasteiger partial charge is 0.494 e. The van der Waals surface area contributed by atoms with Crippen molar-refractivity contribution in [2.45, 2.75) is 24.9 Å². The highest BCUT2D eigenvalue weighted by molar-refractivity contribution is 6.01. The van der Waals surface area contributed by atoms with Crippen LogP contribution in [-0.2, 0) is 6.42 Å². The lowest BCUT2D eigenvalue weighted by molar-refractivity contribution is 0.0164. The number of nitrogens with two attached hydrogens (primary N) is 2. The van der Waals surface area contributed by atoms with Crippen molar-refractivity contribution < 1.29 is 33.0 Å². The van der Waals surface area contributed by atoms with Crippen molar-refractivity contribution in [1.29, 1.82) is 5.26 Å². The van der Waals surface area contributed by atoms with Crippen LogP contribution in [0.25, 0.3) is 21.8 Å². The lowest BCUT2D eigenvalue weighted by Crippen LogP contribution is -2.46. The number of anilines is 10. The number of piperazine rings is 1. The maximum atomic E-state index is 15.4. The predicted molar refractivity (Wildman–Crippen MR) is 284 cm³/mol. The van der Waals surface area contributed by atoms with Gasteiger partial charge < -0.3 is 57.1 Å². The first-order chi connectivity index (χ1) is 37.2. The highest BCUT2D eigenvalue weighted by Gasteiger charge is 2.34. The summed E-state index contributed by atoms with van der Waals surface area (Å²) in [6.07, 6.45) is 6.13. The third-order valence-corrected chi connectivity index (χ3v) is 13.2. The van der Waals surface area contributed by atoms with Gasteiger partial charge >= 0.3 is 0 Å². The molecule has 23 nitrogen and oxygen atoms in total. The van der Waals surface area contributed by atoms with Gasteiger partial charge in [0, 0.05) is 68.6 Å². The van der Waals surface area contributed by atoms with E-state index >= 15 is 8.78 Å². The Hall–Kier alpha value is -9.67. The van der Waals surface area contributed by atoms with Gasteiger partial charge in [-0.05, 0) is 48.7 Å². The van der Waals surface area contributed by atoms with Gasteiger partial charge in [-0.25, -0.2) is 38.7 Å². The standard InChI is InChI=1S/C52H50F2N18O5/c1-76-40-22-42(58-27-38(40)66-50-60-25-32(53)48(68-50)64-36-20-30-5-3-4-6-34(30)62-44(36)46(56)73)71-12-9-52(75,10-13-71)24-29-7-8-35-31(19-29)21-37(45(63-35)47(57)74)65-49-33(54)26-61-51(69-49)67-39-28-59-43(23-41(39)77-2)72-17-15-70(14-11-55)16-18-72/h3-8,19-23,25-28,75H,9-10,12-18,24H2,1-2H3,(H2,56,73)(H2,57,74)(H2,60,64,66,68)(H2,61,65,67,69). The Labute approximate surface area is 438 Å². The number of hydrogen-bond donors (Lipinski definition) is 7. The molecule has 77 heavy (non-hydrogen) atoms. The molecule has 2 aromatic carbocycles. The number of fused-ring (bicyclic) bond motifs is 2. The van der Waals surface area contributed by atoms with E-state index in [2.05, 4.69) is 77.0 Å². The summed E-state index contributed by atoms with van der Waals surface area (Å²) in [5, 5.41) is 34.1. The summed E-state index contributed by atoms with van der Waals surface area (Å²) in [5.41, 5.74) is 12.9. The summed E-state index contributed by atoms with van der Waals surface area (Å²) in [7, 11) is 3.01. The minimum atomic E-state index is -1.09. The van der Waals surface area contributed by atoms with Crippen LogP contribution < -0.4 is 52.0 Å². The van der Waals surface area contributed by atoms with Crippen molar-refractivity contribution >= 4 is 91.5 Å². The fourth-order valence-corrected chi connectivity index (χ4v) is 9.21. The summed E-state index contributed by atoms with van der Waals surface area (Å²) < 4.78 is 41.9. The number of nitrogens with one attached hydrogen (secondary N) is 4. The summed E-state index contributed by atoms with van der Waals surface area (Å²) in [6.45, 7) is 4.10. The summed E-state index contributed by atoms with van der Waals surface area (Å²) in [6, 6.07) is 21.5. The SMILES string of the molecule is COc1cc(N2CCN(CC#N)CC2)ncc1Nc1ncc(F)c(Nc2cc3cc(CC4(O)CCN(c5cc(OC)c(Nc6ncc(F)c(Nc7cc8ccccc8nc7C(N)=O)n6)cn5)CC4)ccc3nc2C(N)=O)n1. The van der Waals surface area contributed by atoms with Gasteiger partial charge in [0.25, 0.3) is 11.8 Å². The Bertz CT molecular complexity index is 3610. The van der Waals surface area contributed by atoms with Crippen LogP contribution in [0.5, 0.6) is 11.5 Å². The molecule has 2 aliphatic rings. The van der Waals surface area contributed by atoms with E-state index in [4.69, 9.17) is 26.2 Å². The summed E-state index contributed by atoms with van der Waals surface area (Å²) in [4.78, 5) is 66.2. The van der Waals surface area contributed by atoms with Crippen molar-refractivity contribution in [3.8, 4) is 17.6 Å². The van der Waals surface area contributed by atoms with Crippen molar-refractivity contribution in [2.75, 3.05) is 91.1 Å². The number of ether oxygens (including phenoxy) is 2. The van der Waals surface area contributed by atoms with Gasteiger partial charge in [0.2, 0.25) is 11.9 Å². The number of primary amides is 2. The number of nitriles is 1. The van der Waals surface area contributed by atoms with Crippen LogP contribution in [0.15, 0.2) is 91.5 Å². The zero-order valence-electron chi connectivity index (χ0n) is 41.6. The zero-order valence-corrected chi connectivity index (χ0v) is 41.6. The molecule has 0 bridgehead atoms. The van der Waals surface area contributed by atoms with E-state index in [1.807, 2.05) is 23.1 Å². The number of benzene rings is 2. The fraction of sp³-hybridized carbons (Fsp3) is 0.250. The van der Waals surface area contributed by atoms with Crippen molar-refractivity contribution in [3.05, 3.63) is 120 Å². The first-order valence-corrected chi connectivity index (χ1v) is 24.2. The number of para-hydroxylation sites is 1. The Morgan fingerprint density at radius 1 is 0.649 bits per heavy atom. The maximum Gasteiger partial charge on any atom is 0.269 e. The highest BCUT2D eigenvalue weighted by Crippen LogP contribution is 2.36. The molecule has 9 N–H and O–H groups in total. The number of rotatable bonds is 17. The molecular formula is C52H50F2N18O5. The normalized spacial score (nSPS) is 14.4. The molecule has 25 heteroatoms. The first-order valence-electron chi connectivity index (χ1n) is 24.2. The number of carbonyl (C=O) groups is 2. The number of aromatic nitrogens is 8. The molecule has 392 valence electrons. The second-order valence-electron chi connectivity index (χ2n) is 18.3. The van der Waals surface area contributed by atoms with Crippen molar-refractivity contribution in [3.63, 3.8) is 0 Å². The lowest BCUT2D eigenvalue weighted by atomic mass is 9.85. The summed E-state index contributed by atoms with van der Waals surface area (Å²) >= 11 is 0. The van der Waals surface area contributed by atoms with Gasteiger partial charge in [-0.2, -0.15) is 15.2 Å². The summed E-state index contributed by atoms with van der Waals surface area (Å²) in [5.74, 6) is -1.62. The molecule has 2 aliphatic heterocycles. The van der Waals surface area contributed by atoms with Gasteiger partial charge in [-0.3, -0.25) is 14.5 Å². The van der Waals surface area contributed by atoms with Crippen LogP contribution in [-0.4, -0.2) is 127 Å². The maximum absolute atomic E-state index is 15.4. The number of amides is 2. The molecule has 8 aromatic rings. The predicted octanol–water partition coefficient (Wildman–Crippen LogP) is 5.84. The number of piperidine rings is 1. The number of halogens is 2. The minimum absolute atomic E-state index is 0.00445. The van der Waals surface area contributed by atoms with E-state index in [-0.39, 0.29) is 46.3 Å². The van der Waals surface area contributed by atoms with Crippen LogP contribution in [0.2, 0.25) is 0 Å². The topological polar surface area (TPSA) is 310 Å². The van der Waals surface area contributed by atoms with Crippen LogP contribution in [0.1, 0.15) is 39.4 Å². The zero-order chi connectivity index (χ0) is 53.8. The van der Waals surface area contributed by atoms with Crippen LogP contribution in [0.4, 0.5) is 66.7 Å². The van der Waals surface area contributed by atoms with Gasteiger partial charge in [0.05, 0.1) is 79.6 Å². The average Bonchev–Trinajstić information content (AvgIpc) is 3.43. The molecule has 0 aliphatic carbocycles. The quantitative estimate of drug-likeness (QED) is 0.0527. The molecule has 0 spiro atoms. The smallest absolute Gasteiger partial charge is 0.269 e. The molecule has 2 amide bonds. The van der Waals surface area contributed by atoms with E-state index in [1.165, 1.54) is 20.4 Å². The third kappa shape index (κ3) is 11.2. The highest BCUT2D eigenvalue weighted by atomic mass is 19.1. The van der Waals surface area contributed by atoms with E-state index in [0.29, 0.717) is 108 Å². The van der Waals surface area contributed by atoms with E-state index < -0.39 is 29.0 Å².